The first-order valence-corrected chi connectivity index (χ1v) is 6.42. The molecule has 0 aliphatic rings. The van der Waals surface area contributed by atoms with Crippen molar-refractivity contribution in [2.45, 2.75) is 11.5 Å². The van der Waals surface area contributed by atoms with E-state index >= 15 is 0 Å². The van der Waals surface area contributed by atoms with E-state index in [9.17, 15) is 0 Å². The minimum atomic E-state index is -0.00963. The molecule has 0 unspecified atom stereocenters. The highest BCUT2D eigenvalue weighted by molar-refractivity contribution is 7.98. The number of ether oxygens (including phenoxy) is 1. The van der Waals surface area contributed by atoms with Crippen LogP contribution >= 0.6 is 11.8 Å². The quantitative estimate of drug-likeness (QED) is 0.843. The third-order valence-corrected chi connectivity index (χ3v) is 3.01. The second-order valence-corrected chi connectivity index (χ2v) is 4.32. The van der Waals surface area contributed by atoms with Crippen LogP contribution < -0.4 is 4.74 Å². The van der Waals surface area contributed by atoms with E-state index in [1.807, 2.05) is 30.5 Å². The number of hydrogen-bond acceptors (Lipinski definition) is 4. The first-order valence-electron chi connectivity index (χ1n) is 5.19. The van der Waals surface area contributed by atoms with Gasteiger partial charge in [0, 0.05) is 17.2 Å². The number of aliphatic hydroxyl groups is 1. The van der Waals surface area contributed by atoms with E-state index in [0.717, 1.165) is 11.3 Å². The third kappa shape index (κ3) is 3.22. The molecule has 0 aliphatic carbocycles. The number of hydrogen-bond donors (Lipinski definition) is 1. The SMILES string of the molecule is CSc1ccc(Oc2cc(CO)ccn2)cc1. The molecule has 3 nitrogen and oxygen atoms in total. The van der Waals surface area contributed by atoms with Gasteiger partial charge in [0.05, 0.1) is 6.61 Å². The summed E-state index contributed by atoms with van der Waals surface area (Å²) in [6, 6.07) is 11.3. The van der Waals surface area contributed by atoms with Crippen LogP contribution in [-0.2, 0) is 6.61 Å². The molecule has 0 radical (unpaired) electrons. The van der Waals surface area contributed by atoms with Gasteiger partial charge >= 0.3 is 0 Å². The van der Waals surface area contributed by atoms with E-state index in [0.29, 0.717) is 5.88 Å². The van der Waals surface area contributed by atoms with E-state index in [4.69, 9.17) is 9.84 Å². The van der Waals surface area contributed by atoms with Crippen molar-refractivity contribution in [3.05, 3.63) is 48.2 Å². The fourth-order valence-corrected chi connectivity index (χ4v) is 1.78. The predicted octanol–water partition coefficient (Wildman–Crippen LogP) is 3.09. The predicted molar refractivity (Wildman–Crippen MR) is 68.5 cm³/mol. The molecule has 1 aromatic heterocycles. The Morgan fingerprint density at radius 1 is 1.24 bits per heavy atom. The second-order valence-electron chi connectivity index (χ2n) is 3.44. The molecule has 17 heavy (non-hydrogen) atoms. The molecule has 1 N–H and O–H groups in total. The van der Waals surface area contributed by atoms with Gasteiger partial charge in [0.1, 0.15) is 5.75 Å². The lowest BCUT2D eigenvalue weighted by molar-refractivity contribution is 0.281. The van der Waals surface area contributed by atoms with Gasteiger partial charge in [-0.1, -0.05) is 0 Å². The minimum Gasteiger partial charge on any atom is -0.439 e. The first-order chi connectivity index (χ1) is 8.31. The fourth-order valence-electron chi connectivity index (χ4n) is 1.37. The van der Waals surface area contributed by atoms with Crippen molar-refractivity contribution in [2.24, 2.45) is 0 Å². The topological polar surface area (TPSA) is 42.4 Å². The highest BCUT2D eigenvalue weighted by Gasteiger charge is 2.00. The van der Waals surface area contributed by atoms with Crippen LogP contribution in [0.2, 0.25) is 0 Å². The average Bonchev–Trinajstić information content (AvgIpc) is 2.40. The lowest BCUT2D eigenvalue weighted by Gasteiger charge is -2.06. The van der Waals surface area contributed by atoms with Crippen molar-refractivity contribution in [1.82, 2.24) is 4.98 Å². The second kappa shape index (κ2) is 5.70. The van der Waals surface area contributed by atoms with Crippen LogP contribution in [0, 0.1) is 0 Å². The van der Waals surface area contributed by atoms with Gasteiger partial charge in [-0.25, -0.2) is 4.98 Å². The van der Waals surface area contributed by atoms with Crippen molar-refractivity contribution in [1.29, 1.82) is 0 Å². The molecular weight excluding hydrogens is 234 g/mol. The molecule has 1 heterocycles. The fraction of sp³-hybridized carbons (Fsp3) is 0.154. The Kier molecular flexibility index (Phi) is 4.01. The molecule has 1 aromatic carbocycles. The van der Waals surface area contributed by atoms with E-state index in [-0.39, 0.29) is 6.61 Å². The Bertz CT molecular complexity index is 485. The highest BCUT2D eigenvalue weighted by atomic mass is 32.2. The largest absolute Gasteiger partial charge is 0.439 e. The molecule has 0 amide bonds. The average molecular weight is 247 g/mol. The van der Waals surface area contributed by atoms with Crippen LogP contribution in [0.4, 0.5) is 0 Å². The Hall–Kier alpha value is -1.52. The summed E-state index contributed by atoms with van der Waals surface area (Å²) in [7, 11) is 0. The number of benzene rings is 1. The van der Waals surface area contributed by atoms with E-state index in [1.54, 1.807) is 30.1 Å². The van der Waals surface area contributed by atoms with Gasteiger partial charge in [-0.3, -0.25) is 0 Å². The van der Waals surface area contributed by atoms with Gasteiger partial charge in [0.25, 0.3) is 0 Å². The van der Waals surface area contributed by atoms with Gasteiger partial charge in [-0.05, 0) is 42.2 Å². The van der Waals surface area contributed by atoms with Gasteiger partial charge in [0.2, 0.25) is 5.88 Å². The molecule has 0 spiro atoms. The summed E-state index contributed by atoms with van der Waals surface area (Å²) in [5.41, 5.74) is 0.788. The van der Waals surface area contributed by atoms with Crippen LogP contribution in [0.1, 0.15) is 5.56 Å². The maximum atomic E-state index is 9.01. The van der Waals surface area contributed by atoms with Crippen molar-refractivity contribution >= 4 is 11.8 Å². The third-order valence-electron chi connectivity index (χ3n) is 2.26. The number of nitrogens with zero attached hydrogens (tertiary/aromatic N) is 1. The number of aliphatic hydroxyl groups excluding tert-OH is 1. The zero-order valence-electron chi connectivity index (χ0n) is 9.46. The smallest absolute Gasteiger partial charge is 0.219 e. The zero-order valence-corrected chi connectivity index (χ0v) is 10.3. The van der Waals surface area contributed by atoms with E-state index < -0.39 is 0 Å². The zero-order chi connectivity index (χ0) is 12.1. The van der Waals surface area contributed by atoms with Crippen LogP contribution in [0.5, 0.6) is 11.6 Å². The highest BCUT2D eigenvalue weighted by Crippen LogP contribution is 2.23. The molecule has 88 valence electrons. The molecule has 0 aliphatic heterocycles. The van der Waals surface area contributed by atoms with Gasteiger partial charge in [0.15, 0.2) is 0 Å². The molecule has 2 rings (SSSR count). The van der Waals surface area contributed by atoms with Gasteiger partial charge in [-0.15, -0.1) is 11.8 Å². The number of thioether (sulfide) groups is 1. The van der Waals surface area contributed by atoms with Gasteiger partial charge in [-0.2, -0.15) is 0 Å². The lowest BCUT2D eigenvalue weighted by atomic mass is 10.3. The Morgan fingerprint density at radius 2 is 2.00 bits per heavy atom. The summed E-state index contributed by atoms with van der Waals surface area (Å²) in [6.45, 7) is -0.00963. The van der Waals surface area contributed by atoms with Gasteiger partial charge < -0.3 is 9.84 Å². The van der Waals surface area contributed by atoms with Crippen LogP contribution in [0.15, 0.2) is 47.5 Å². The Balaban J connectivity index is 2.13. The van der Waals surface area contributed by atoms with E-state index in [1.165, 1.54) is 4.90 Å². The monoisotopic (exact) mass is 247 g/mol. The molecule has 0 saturated carbocycles. The van der Waals surface area contributed by atoms with Crippen LogP contribution in [-0.4, -0.2) is 16.3 Å². The number of aromatic nitrogens is 1. The summed E-state index contributed by atoms with van der Waals surface area (Å²) in [4.78, 5) is 5.28. The number of rotatable bonds is 4. The summed E-state index contributed by atoms with van der Waals surface area (Å²) < 4.78 is 5.59. The maximum absolute atomic E-state index is 9.01. The minimum absolute atomic E-state index is 0.00963. The summed E-state index contributed by atoms with van der Waals surface area (Å²) in [5.74, 6) is 1.24. The normalized spacial score (nSPS) is 10.2. The molecule has 0 saturated heterocycles. The standard InChI is InChI=1S/C13H13NO2S/c1-17-12-4-2-11(3-5-12)16-13-8-10(9-15)6-7-14-13/h2-8,15H,9H2,1H3. The molecule has 2 aromatic rings. The van der Waals surface area contributed by atoms with Crippen LogP contribution in [0.25, 0.3) is 0 Å². The number of pyridine rings is 1. The lowest BCUT2D eigenvalue weighted by Crippen LogP contribution is -1.90. The Labute approximate surface area is 104 Å². The maximum Gasteiger partial charge on any atom is 0.219 e. The van der Waals surface area contributed by atoms with Crippen molar-refractivity contribution < 1.29 is 9.84 Å². The summed E-state index contributed by atoms with van der Waals surface area (Å²) in [6.07, 6.45) is 3.65. The molecule has 4 heteroatoms. The molecule has 0 fully saturated rings. The molecule has 0 bridgehead atoms. The molecule has 0 atom stereocenters. The van der Waals surface area contributed by atoms with Crippen molar-refractivity contribution in [3.8, 4) is 11.6 Å². The van der Waals surface area contributed by atoms with Crippen molar-refractivity contribution in [3.63, 3.8) is 0 Å². The summed E-state index contributed by atoms with van der Waals surface area (Å²) in [5, 5.41) is 9.01. The van der Waals surface area contributed by atoms with E-state index in [2.05, 4.69) is 4.98 Å². The Morgan fingerprint density at radius 3 is 2.65 bits per heavy atom. The molecular formula is C13H13NO2S. The van der Waals surface area contributed by atoms with Crippen molar-refractivity contribution in [2.75, 3.05) is 6.26 Å². The summed E-state index contributed by atoms with van der Waals surface area (Å²) >= 11 is 1.69. The van der Waals surface area contributed by atoms with Crippen LogP contribution in [0.3, 0.4) is 0 Å². The first kappa shape index (κ1) is 12.0.